The van der Waals surface area contributed by atoms with E-state index >= 15 is 0 Å². The summed E-state index contributed by atoms with van der Waals surface area (Å²) in [5, 5.41) is 6.92. The molecule has 0 aromatic carbocycles. The van der Waals surface area contributed by atoms with Gasteiger partial charge in [0, 0.05) is 30.7 Å². The lowest BCUT2D eigenvalue weighted by Crippen LogP contribution is -2.31. The molecule has 2 aromatic rings. The molecular formula is C14H18N4O2. The third-order valence-corrected chi connectivity index (χ3v) is 2.89. The van der Waals surface area contributed by atoms with Crippen LogP contribution in [-0.2, 0) is 11.3 Å². The number of rotatable bonds is 6. The van der Waals surface area contributed by atoms with Gasteiger partial charge in [0.1, 0.15) is 6.04 Å². The van der Waals surface area contributed by atoms with Crippen LogP contribution in [0.3, 0.4) is 0 Å². The van der Waals surface area contributed by atoms with Crippen molar-refractivity contribution < 1.29 is 9.53 Å². The Labute approximate surface area is 117 Å². The molecular weight excluding hydrogens is 256 g/mol. The molecule has 1 atom stereocenters. The third-order valence-electron chi connectivity index (χ3n) is 2.89. The zero-order valence-electron chi connectivity index (χ0n) is 11.6. The van der Waals surface area contributed by atoms with Crippen LogP contribution in [0.25, 0.3) is 0 Å². The molecule has 6 nitrogen and oxygen atoms in total. The minimum atomic E-state index is -0.350. The number of carbonyl (C=O) groups is 1. The molecule has 0 saturated carbocycles. The molecule has 2 rings (SSSR count). The largest absolute Gasteiger partial charge is 0.478 e. The zero-order chi connectivity index (χ0) is 14.4. The Balaban J connectivity index is 1.96. The topological polar surface area (TPSA) is 69.0 Å². The quantitative estimate of drug-likeness (QED) is 0.867. The normalized spacial score (nSPS) is 11.9. The number of nitrogens with zero attached hydrogens (tertiary/aromatic N) is 3. The minimum Gasteiger partial charge on any atom is -0.478 e. The molecule has 20 heavy (non-hydrogen) atoms. The van der Waals surface area contributed by atoms with Crippen LogP contribution in [0, 0.1) is 0 Å². The van der Waals surface area contributed by atoms with E-state index in [0.717, 1.165) is 5.56 Å². The van der Waals surface area contributed by atoms with Gasteiger partial charge in [0.25, 0.3) is 0 Å². The molecule has 0 fully saturated rings. The van der Waals surface area contributed by atoms with E-state index in [1.165, 1.54) is 0 Å². The molecule has 2 aromatic heterocycles. The summed E-state index contributed by atoms with van der Waals surface area (Å²) in [7, 11) is 0. The number of aromatic nitrogens is 3. The molecule has 0 aliphatic carbocycles. The monoisotopic (exact) mass is 274 g/mol. The molecule has 0 saturated heterocycles. The van der Waals surface area contributed by atoms with E-state index in [0.29, 0.717) is 19.0 Å². The molecule has 0 aliphatic heterocycles. The van der Waals surface area contributed by atoms with Crippen molar-refractivity contribution in [1.82, 2.24) is 20.1 Å². The average Bonchev–Trinajstić information content (AvgIpc) is 2.99. The first-order valence-electron chi connectivity index (χ1n) is 6.56. The molecule has 106 valence electrons. The van der Waals surface area contributed by atoms with Gasteiger partial charge in [-0.05, 0) is 26.0 Å². The Morgan fingerprint density at radius 3 is 3.00 bits per heavy atom. The highest BCUT2D eigenvalue weighted by Crippen LogP contribution is 2.14. The smallest absolute Gasteiger partial charge is 0.244 e. The predicted octanol–water partition coefficient (Wildman–Crippen LogP) is 1.55. The van der Waals surface area contributed by atoms with Crippen molar-refractivity contribution in [2.75, 3.05) is 6.61 Å². The lowest BCUT2D eigenvalue weighted by Gasteiger charge is -2.14. The lowest BCUT2D eigenvalue weighted by atomic mass is 10.2. The SMILES string of the molecule is CCOc1ncccc1CNC(=O)[C@@H](C)n1cccn1. The van der Waals surface area contributed by atoms with E-state index in [1.807, 2.05) is 19.1 Å². The second-order valence-electron chi connectivity index (χ2n) is 4.28. The number of nitrogens with one attached hydrogen (secondary N) is 1. The Kier molecular flexibility index (Phi) is 4.70. The number of pyridine rings is 1. The van der Waals surface area contributed by atoms with Gasteiger partial charge < -0.3 is 10.1 Å². The summed E-state index contributed by atoms with van der Waals surface area (Å²) in [6, 6.07) is 5.15. The molecule has 1 amide bonds. The van der Waals surface area contributed by atoms with Crippen LogP contribution >= 0.6 is 0 Å². The molecule has 0 bridgehead atoms. The summed E-state index contributed by atoms with van der Waals surface area (Å²) in [5.41, 5.74) is 0.857. The highest BCUT2D eigenvalue weighted by molar-refractivity contribution is 5.79. The number of ether oxygens (including phenoxy) is 1. The summed E-state index contributed by atoms with van der Waals surface area (Å²) >= 11 is 0. The fourth-order valence-electron chi connectivity index (χ4n) is 1.79. The van der Waals surface area contributed by atoms with Crippen LogP contribution < -0.4 is 10.1 Å². The minimum absolute atomic E-state index is 0.0972. The van der Waals surface area contributed by atoms with Crippen LogP contribution in [0.2, 0.25) is 0 Å². The van der Waals surface area contributed by atoms with E-state index in [-0.39, 0.29) is 11.9 Å². The molecule has 2 heterocycles. The third kappa shape index (κ3) is 3.34. The van der Waals surface area contributed by atoms with Gasteiger partial charge in [-0.1, -0.05) is 6.07 Å². The second kappa shape index (κ2) is 6.70. The maximum atomic E-state index is 12.1. The maximum Gasteiger partial charge on any atom is 0.244 e. The van der Waals surface area contributed by atoms with Gasteiger partial charge in [-0.15, -0.1) is 0 Å². The summed E-state index contributed by atoms with van der Waals surface area (Å²) in [6.45, 7) is 4.63. The van der Waals surface area contributed by atoms with Crippen LogP contribution in [0.15, 0.2) is 36.8 Å². The van der Waals surface area contributed by atoms with Crippen molar-refractivity contribution in [3.8, 4) is 5.88 Å². The van der Waals surface area contributed by atoms with Crippen LogP contribution in [-0.4, -0.2) is 27.3 Å². The zero-order valence-corrected chi connectivity index (χ0v) is 11.6. The number of hydrogen-bond donors (Lipinski definition) is 1. The van der Waals surface area contributed by atoms with E-state index in [9.17, 15) is 4.79 Å². The molecule has 0 spiro atoms. The van der Waals surface area contributed by atoms with Gasteiger partial charge in [-0.2, -0.15) is 5.10 Å². The van der Waals surface area contributed by atoms with E-state index in [4.69, 9.17) is 4.74 Å². The first-order chi connectivity index (χ1) is 9.72. The van der Waals surface area contributed by atoms with Gasteiger partial charge in [-0.25, -0.2) is 4.98 Å². The first-order valence-corrected chi connectivity index (χ1v) is 6.56. The summed E-state index contributed by atoms with van der Waals surface area (Å²) in [5.74, 6) is 0.460. The molecule has 0 unspecified atom stereocenters. The maximum absolute atomic E-state index is 12.1. The number of amides is 1. The Morgan fingerprint density at radius 2 is 2.30 bits per heavy atom. The highest BCUT2D eigenvalue weighted by atomic mass is 16.5. The Bertz CT molecular complexity index is 554. The fourth-order valence-corrected chi connectivity index (χ4v) is 1.79. The standard InChI is InChI=1S/C14H18N4O2/c1-3-20-14-12(6-4-7-15-14)10-16-13(19)11(2)18-9-5-8-17-18/h4-9,11H,3,10H2,1-2H3,(H,16,19)/t11-/m1/s1. The second-order valence-corrected chi connectivity index (χ2v) is 4.28. The molecule has 0 radical (unpaired) electrons. The fraction of sp³-hybridized carbons (Fsp3) is 0.357. The Morgan fingerprint density at radius 1 is 1.45 bits per heavy atom. The van der Waals surface area contributed by atoms with Crippen LogP contribution in [0.5, 0.6) is 5.88 Å². The van der Waals surface area contributed by atoms with Crippen molar-refractivity contribution in [1.29, 1.82) is 0 Å². The predicted molar refractivity (Wildman–Crippen MR) is 74.2 cm³/mol. The first kappa shape index (κ1) is 14.0. The van der Waals surface area contributed by atoms with Crippen molar-refractivity contribution in [3.05, 3.63) is 42.4 Å². The van der Waals surface area contributed by atoms with Crippen molar-refractivity contribution >= 4 is 5.91 Å². The van der Waals surface area contributed by atoms with Gasteiger partial charge in [-0.3, -0.25) is 9.48 Å². The van der Waals surface area contributed by atoms with Gasteiger partial charge in [0.2, 0.25) is 11.8 Å². The highest BCUT2D eigenvalue weighted by Gasteiger charge is 2.15. The van der Waals surface area contributed by atoms with E-state index < -0.39 is 0 Å². The molecule has 0 aliphatic rings. The molecule has 6 heteroatoms. The average molecular weight is 274 g/mol. The van der Waals surface area contributed by atoms with Gasteiger partial charge >= 0.3 is 0 Å². The summed E-state index contributed by atoms with van der Waals surface area (Å²) in [4.78, 5) is 16.2. The van der Waals surface area contributed by atoms with Crippen LogP contribution in [0.4, 0.5) is 0 Å². The van der Waals surface area contributed by atoms with Gasteiger partial charge in [0.15, 0.2) is 0 Å². The van der Waals surface area contributed by atoms with E-state index in [2.05, 4.69) is 15.4 Å². The van der Waals surface area contributed by atoms with Crippen molar-refractivity contribution in [3.63, 3.8) is 0 Å². The van der Waals surface area contributed by atoms with Gasteiger partial charge in [0.05, 0.1) is 6.61 Å². The van der Waals surface area contributed by atoms with Crippen LogP contribution in [0.1, 0.15) is 25.5 Å². The van der Waals surface area contributed by atoms with E-state index in [1.54, 1.807) is 36.3 Å². The van der Waals surface area contributed by atoms with Crippen molar-refractivity contribution in [2.24, 2.45) is 0 Å². The number of hydrogen-bond acceptors (Lipinski definition) is 4. The number of carbonyl (C=O) groups excluding carboxylic acids is 1. The lowest BCUT2D eigenvalue weighted by molar-refractivity contribution is -0.124. The summed E-state index contributed by atoms with van der Waals surface area (Å²) < 4.78 is 7.04. The van der Waals surface area contributed by atoms with Crippen molar-refractivity contribution in [2.45, 2.75) is 26.4 Å². The Hall–Kier alpha value is -2.37. The molecule has 1 N–H and O–H groups in total. The summed E-state index contributed by atoms with van der Waals surface area (Å²) in [6.07, 6.45) is 5.08.